The van der Waals surface area contributed by atoms with Gasteiger partial charge in [0, 0.05) is 51.5 Å². The summed E-state index contributed by atoms with van der Waals surface area (Å²) in [6, 6.07) is 6.18. The van der Waals surface area contributed by atoms with Gasteiger partial charge in [-0.25, -0.2) is 0 Å². The van der Waals surface area contributed by atoms with E-state index in [2.05, 4.69) is 39.3 Å². The van der Waals surface area contributed by atoms with E-state index in [1.807, 2.05) is 13.0 Å². The quantitative estimate of drug-likeness (QED) is 0.778. The smallest absolute Gasteiger partial charge is 0.0544 e. The highest BCUT2D eigenvalue weighted by Crippen LogP contribution is 1.99. The Morgan fingerprint density at radius 3 is 2.72 bits per heavy atom. The minimum Gasteiger partial charge on any atom is -0.310 e. The van der Waals surface area contributed by atoms with Gasteiger partial charge in [-0.3, -0.25) is 9.88 Å². The van der Waals surface area contributed by atoms with Crippen LogP contribution in [0.15, 0.2) is 18.2 Å². The van der Waals surface area contributed by atoms with Gasteiger partial charge in [0.05, 0.1) is 5.69 Å². The van der Waals surface area contributed by atoms with Crippen molar-refractivity contribution < 1.29 is 0 Å². The molecular weight excluding hydrogens is 224 g/mol. The highest BCUT2D eigenvalue weighted by Gasteiger charge is 2.12. The lowest BCUT2D eigenvalue weighted by atomic mass is 10.3. The van der Waals surface area contributed by atoms with Crippen molar-refractivity contribution in [2.24, 2.45) is 0 Å². The number of aryl methyl sites for hydroxylation is 1. The summed E-state index contributed by atoms with van der Waals surface area (Å²) in [6.07, 6.45) is 0. The van der Waals surface area contributed by atoms with Gasteiger partial charge in [-0.1, -0.05) is 6.07 Å². The monoisotopic (exact) mass is 248 g/mol. The lowest BCUT2D eigenvalue weighted by Gasteiger charge is -2.32. The van der Waals surface area contributed by atoms with Crippen molar-refractivity contribution in [2.45, 2.75) is 13.5 Å². The molecule has 1 fully saturated rings. The fraction of sp³-hybridized carbons (Fsp3) is 0.643. The van der Waals surface area contributed by atoms with Gasteiger partial charge in [-0.15, -0.1) is 0 Å². The Balaban J connectivity index is 1.61. The molecule has 2 rings (SSSR count). The van der Waals surface area contributed by atoms with Crippen molar-refractivity contribution in [3.8, 4) is 0 Å². The topological polar surface area (TPSA) is 31.4 Å². The number of rotatable bonds is 5. The van der Waals surface area contributed by atoms with E-state index in [1.54, 1.807) is 0 Å². The Kier molecular flexibility index (Phi) is 5.11. The lowest BCUT2D eigenvalue weighted by molar-refractivity contribution is 0.154. The molecule has 2 heterocycles. The number of piperazine rings is 1. The third-order valence-corrected chi connectivity index (χ3v) is 3.45. The minimum absolute atomic E-state index is 0.870. The number of pyridine rings is 1. The third kappa shape index (κ3) is 4.37. The van der Waals surface area contributed by atoms with Crippen molar-refractivity contribution in [1.29, 1.82) is 0 Å². The van der Waals surface area contributed by atoms with Crippen LogP contribution in [-0.2, 0) is 6.54 Å². The van der Waals surface area contributed by atoms with E-state index in [0.717, 1.165) is 31.0 Å². The average Bonchev–Trinajstić information content (AvgIpc) is 2.37. The summed E-state index contributed by atoms with van der Waals surface area (Å²) in [4.78, 5) is 9.40. The van der Waals surface area contributed by atoms with Crippen LogP contribution in [0.5, 0.6) is 0 Å². The van der Waals surface area contributed by atoms with Crippen molar-refractivity contribution in [2.75, 3.05) is 46.3 Å². The first-order chi connectivity index (χ1) is 8.74. The van der Waals surface area contributed by atoms with E-state index in [9.17, 15) is 0 Å². The summed E-state index contributed by atoms with van der Waals surface area (Å²) < 4.78 is 0. The molecule has 0 bridgehead atoms. The van der Waals surface area contributed by atoms with E-state index < -0.39 is 0 Å². The van der Waals surface area contributed by atoms with Gasteiger partial charge < -0.3 is 10.2 Å². The highest BCUT2D eigenvalue weighted by atomic mass is 15.2. The Bertz CT molecular complexity index is 359. The molecule has 0 radical (unpaired) electrons. The van der Waals surface area contributed by atoms with Gasteiger partial charge in [0.15, 0.2) is 0 Å². The first-order valence-electron chi connectivity index (χ1n) is 6.78. The molecule has 0 amide bonds. The Morgan fingerprint density at radius 1 is 1.22 bits per heavy atom. The first-order valence-corrected chi connectivity index (χ1v) is 6.78. The predicted octanol–water partition coefficient (Wildman–Crippen LogP) is 0.727. The number of nitrogens with one attached hydrogen (secondary N) is 1. The van der Waals surface area contributed by atoms with E-state index in [4.69, 9.17) is 0 Å². The SMILES string of the molecule is Cc1cccc(CNCCN2CCN(C)CC2)n1. The molecule has 1 aliphatic heterocycles. The van der Waals surface area contributed by atoms with Crippen LogP contribution >= 0.6 is 0 Å². The van der Waals surface area contributed by atoms with Crippen LogP contribution in [0.25, 0.3) is 0 Å². The Labute approximate surface area is 110 Å². The maximum absolute atomic E-state index is 4.48. The summed E-state index contributed by atoms with van der Waals surface area (Å²) in [5.74, 6) is 0. The summed E-state index contributed by atoms with van der Waals surface area (Å²) in [7, 11) is 2.19. The molecule has 4 nitrogen and oxygen atoms in total. The van der Waals surface area contributed by atoms with Crippen molar-refractivity contribution in [1.82, 2.24) is 20.1 Å². The molecule has 18 heavy (non-hydrogen) atoms. The number of nitrogens with zero attached hydrogens (tertiary/aromatic N) is 3. The fourth-order valence-electron chi connectivity index (χ4n) is 2.22. The van der Waals surface area contributed by atoms with Gasteiger partial charge in [-0.05, 0) is 26.1 Å². The zero-order valence-electron chi connectivity index (χ0n) is 11.5. The summed E-state index contributed by atoms with van der Waals surface area (Å²) in [5, 5.41) is 3.47. The summed E-state index contributed by atoms with van der Waals surface area (Å²) in [5.41, 5.74) is 2.22. The Morgan fingerprint density at radius 2 is 2.00 bits per heavy atom. The predicted molar refractivity (Wildman–Crippen MR) is 74.6 cm³/mol. The van der Waals surface area contributed by atoms with Crippen LogP contribution in [0.3, 0.4) is 0 Å². The maximum atomic E-state index is 4.48. The molecule has 0 unspecified atom stereocenters. The van der Waals surface area contributed by atoms with Gasteiger partial charge in [0.2, 0.25) is 0 Å². The van der Waals surface area contributed by atoms with E-state index in [1.165, 1.54) is 26.2 Å². The molecule has 1 N–H and O–H groups in total. The van der Waals surface area contributed by atoms with Crippen LogP contribution in [0, 0.1) is 6.92 Å². The molecule has 0 atom stereocenters. The molecule has 0 aliphatic carbocycles. The highest BCUT2D eigenvalue weighted by molar-refractivity contribution is 5.09. The second kappa shape index (κ2) is 6.83. The number of likely N-dealkylation sites (N-methyl/N-ethyl adjacent to an activating group) is 1. The van der Waals surface area contributed by atoms with Gasteiger partial charge in [0.1, 0.15) is 0 Å². The van der Waals surface area contributed by atoms with Crippen molar-refractivity contribution >= 4 is 0 Å². The molecule has 0 spiro atoms. The zero-order chi connectivity index (χ0) is 12.8. The average molecular weight is 248 g/mol. The van der Waals surface area contributed by atoms with E-state index in [-0.39, 0.29) is 0 Å². The molecule has 4 heteroatoms. The molecule has 100 valence electrons. The second-order valence-corrected chi connectivity index (χ2v) is 5.09. The largest absolute Gasteiger partial charge is 0.310 e. The van der Waals surface area contributed by atoms with Crippen molar-refractivity contribution in [3.05, 3.63) is 29.6 Å². The number of hydrogen-bond donors (Lipinski definition) is 1. The minimum atomic E-state index is 0.870. The van der Waals surface area contributed by atoms with Crippen LogP contribution < -0.4 is 5.32 Å². The molecule has 0 aromatic carbocycles. The number of hydrogen-bond acceptors (Lipinski definition) is 4. The normalized spacial score (nSPS) is 18.1. The first kappa shape index (κ1) is 13.5. The molecule has 1 aliphatic rings. The maximum Gasteiger partial charge on any atom is 0.0544 e. The second-order valence-electron chi connectivity index (χ2n) is 5.09. The summed E-state index contributed by atoms with van der Waals surface area (Å²) in [6.45, 7) is 9.86. The third-order valence-electron chi connectivity index (χ3n) is 3.45. The van der Waals surface area contributed by atoms with Crippen LogP contribution in [0.2, 0.25) is 0 Å². The zero-order valence-corrected chi connectivity index (χ0v) is 11.5. The standard InChI is InChI=1S/C14H24N4/c1-13-4-3-5-14(16-13)12-15-6-7-18-10-8-17(2)9-11-18/h3-5,15H,6-12H2,1-2H3. The number of aromatic nitrogens is 1. The van der Waals surface area contributed by atoms with E-state index >= 15 is 0 Å². The van der Waals surface area contributed by atoms with Crippen LogP contribution in [0.4, 0.5) is 0 Å². The van der Waals surface area contributed by atoms with Gasteiger partial charge >= 0.3 is 0 Å². The van der Waals surface area contributed by atoms with Gasteiger partial charge in [0.25, 0.3) is 0 Å². The molecule has 1 aromatic heterocycles. The Hall–Kier alpha value is -0.970. The van der Waals surface area contributed by atoms with E-state index in [0.29, 0.717) is 0 Å². The molecule has 0 saturated carbocycles. The van der Waals surface area contributed by atoms with Crippen LogP contribution in [0.1, 0.15) is 11.4 Å². The summed E-state index contributed by atoms with van der Waals surface area (Å²) >= 11 is 0. The molecule has 1 aromatic rings. The lowest BCUT2D eigenvalue weighted by Crippen LogP contribution is -2.46. The molecule has 1 saturated heterocycles. The van der Waals surface area contributed by atoms with Gasteiger partial charge in [-0.2, -0.15) is 0 Å². The van der Waals surface area contributed by atoms with Crippen molar-refractivity contribution in [3.63, 3.8) is 0 Å². The fourth-order valence-corrected chi connectivity index (χ4v) is 2.22. The van der Waals surface area contributed by atoms with Crippen LogP contribution in [-0.4, -0.2) is 61.1 Å². The molecular formula is C14H24N4.